The highest BCUT2D eigenvalue weighted by atomic mass is 16.6. The number of likely N-dealkylation sites (tertiary alicyclic amines) is 1. The molecule has 5 heteroatoms. The zero-order valence-corrected chi connectivity index (χ0v) is 15.5. The number of ether oxygens (including phenoxy) is 1. The van der Waals surface area contributed by atoms with Gasteiger partial charge >= 0.3 is 6.09 Å². The molecule has 1 saturated heterocycles. The summed E-state index contributed by atoms with van der Waals surface area (Å²) in [6, 6.07) is 10.7. The van der Waals surface area contributed by atoms with Crippen molar-refractivity contribution in [3.63, 3.8) is 0 Å². The fourth-order valence-electron chi connectivity index (χ4n) is 3.31. The zero-order valence-electron chi connectivity index (χ0n) is 15.5. The van der Waals surface area contributed by atoms with E-state index in [2.05, 4.69) is 28.8 Å². The maximum Gasteiger partial charge on any atom is 0.410 e. The van der Waals surface area contributed by atoms with Crippen LogP contribution in [0, 0.1) is 6.92 Å². The molecule has 2 heterocycles. The number of amides is 1. The van der Waals surface area contributed by atoms with Crippen molar-refractivity contribution in [2.24, 2.45) is 0 Å². The molecule has 0 spiro atoms. The lowest BCUT2D eigenvalue weighted by molar-refractivity contribution is 0.0184. The Hall–Kier alpha value is -2.30. The molecule has 1 aliphatic rings. The lowest BCUT2D eigenvalue weighted by Gasteiger charge is -2.33. The van der Waals surface area contributed by atoms with E-state index in [1.165, 1.54) is 16.8 Å². The zero-order chi connectivity index (χ0) is 18.0. The van der Waals surface area contributed by atoms with E-state index in [9.17, 15) is 4.79 Å². The third kappa shape index (κ3) is 4.03. The van der Waals surface area contributed by atoms with Crippen molar-refractivity contribution in [1.29, 1.82) is 0 Å². The van der Waals surface area contributed by atoms with Gasteiger partial charge in [-0.25, -0.2) is 4.79 Å². The summed E-state index contributed by atoms with van der Waals surface area (Å²) in [6.07, 6.45) is 3.53. The standard InChI is InChI=1S/C20H27N3O2/c1-15-18(16-8-6-5-7-9-16)14-21-23(15)17-10-12-22(13-11-17)19(24)25-20(2,3)4/h5-9,14,17H,10-13H2,1-4H3. The van der Waals surface area contributed by atoms with Crippen LogP contribution in [-0.2, 0) is 4.74 Å². The van der Waals surface area contributed by atoms with Crippen LogP contribution in [0.2, 0.25) is 0 Å². The average molecular weight is 341 g/mol. The van der Waals surface area contributed by atoms with Crippen molar-refractivity contribution in [3.05, 3.63) is 42.2 Å². The largest absolute Gasteiger partial charge is 0.444 e. The van der Waals surface area contributed by atoms with Gasteiger partial charge in [-0.1, -0.05) is 30.3 Å². The van der Waals surface area contributed by atoms with E-state index in [1.807, 2.05) is 45.2 Å². The third-order valence-electron chi connectivity index (χ3n) is 4.59. The molecule has 1 aromatic carbocycles. The minimum absolute atomic E-state index is 0.215. The van der Waals surface area contributed by atoms with Gasteiger partial charge in [0, 0.05) is 24.3 Å². The van der Waals surface area contributed by atoms with Crippen molar-refractivity contribution >= 4 is 6.09 Å². The number of benzene rings is 1. The molecule has 3 rings (SSSR count). The molecule has 1 aliphatic heterocycles. The first kappa shape index (κ1) is 17.5. The number of aromatic nitrogens is 2. The highest BCUT2D eigenvalue weighted by Gasteiger charge is 2.28. The van der Waals surface area contributed by atoms with Crippen molar-refractivity contribution in [2.75, 3.05) is 13.1 Å². The van der Waals surface area contributed by atoms with E-state index >= 15 is 0 Å². The first-order chi connectivity index (χ1) is 11.8. The van der Waals surface area contributed by atoms with Crippen LogP contribution in [0.5, 0.6) is 0 Å². The second-order valence-electron chi connectivity index (χ2n) is 7.65. The predicted octanol–water partition coefficient (Wildman–Crippen LogP) is 4.43. The number of carbonyl (C=O) groups is 1. The number of rotatable bonds is 2. The summed E-state index contributed by atoms with van der Waals surface area (Å²) in [5.74, 6) is 0. The summed E-state index contributed by atoms with van der Waals surface area (Å²) in [7, 11) is 0. The maximum atomic E-state index is 12.2. The highest BCUT2D eigenvalue weighted by Crippen LogP contribution is 2.29. The quantitative estimate of drug-likeness (QED) is 0.812. The van der Waals surface area contributed by atoms with Gasteiger partial charge in [0.05, 0.1) is 12.2 Å². The van der Waals surface area contributed by atoms with E-state index in [0.717, 1.165) is 12.8 Å². The predicted molar refractivity (Wildman–Crippen MR) is 98.5 cm³/mol. The highest BCUT2D eigenvalue weighted by molar-refractivity contribution is 5.68. The lowest BCUT2D eigenvalue weighted by atomic mass is 10.0. The Morgan fingerprint density at radius 2 is 1.80 bits per heavy atom. The molecule has 0 aliphatic carbocycles. The second-order valence-corrected chi connectivity index (χ2v) is 7.65. The third-order valence-corrected chi connectivity index (χ3v) is 4.59. The summed E-state index contributed by atoms with van der Waals surface area (Å²) in [5, 5.41) is 4.63. The van der Waals surface area contributed by atoms with Crippen LogP contribution >= 0.6 is 0 Å². The van der Waals surface area contributed by atoms with Crippen LogP contribution in [0.4, 0.5) is 4.79 Å². The van der Waals surface area contributed by atoms with Gasteiger partial charge < -0.3 is 9.64 Å². The van der Waals surface area contributed by atoms with Crippen molar-refractivity contribution < 1.29 is 9.53 Å². The Bertz CT molecular complexity index is 723. The van der Waals surface area contributed by atoms with E-state index in [0.29, 0.717) is 19.1 Å². The first-order valence-corrected chi connectivity index (χ1v) is 8.92. The molecule has 1 amide bonds. The van der Waals surface area contributed by atoms with Gasteiger partial charge in [0.25, 0.3) is 0 Å². The summed E-state index contributed by atoms with van der Waals surface area (Å²) in [6.45, 7) is 9.23. The number of piperidine rings is 1. The van der Waals surface area contributed by atoms with E-state index in [1.54, 1.807) is 4.90 Å². The smallest absolute Gasteiger partial charge is 0.410 e. The molecule has 2 aromatic rings. The van der Waals surface area contributed by atoms with Gasteiger partial charge in [-0.15, -0.1) is 0 Å². The molecule has 1 aromatic heterocycles. The molecule has 0 saturated carbocycles. The topological polar surface area (TPSA) is 47.4 Å². The molecule has 0 atom stereocenters. The lowest BCUT2D eigenvalue weighted by Crippen LogP contribution is -2.42. The molecule has 5 nitrogen and oxygen atoms in total. The Morgan fingerprint density at radius 1 is 1.16 bits per heavy atom. The van der Waals surface area contributed by atoms with E-state index < -0.39 is 5.60 Å². The monoisotopic (exact) mass is 341 g/mol. The minimum Gasteiger partial charge on any atom is -0.444 e. The molecule has 0 bridgehead atoms. The van der Waals surface area contributed by atoms with Gasteiger partial charge in [0.2, 0.25) is 0 Å². The second kappa shape index (κ2) is 6.90. The molecule has 134 valence electrons. The maximum absolute atomic E-state index is 12.2. The van der Waals surface area contributed by atoms with Crippen molar-refractivity contribution in [3.8, 4) is 11.1 Å². The number of carbonyl (C=O) groups excluding carboxylic acids is 1. The van der Waals surface area contributed by atoms with Gasteiger partial charge in [-0.05, 0) is 46.1 Å². The molecule has 25 heavy (non-hydrogen) atoms. The van der Waals surface area contributed by atoms with Crippen molar-refractivity contribution in [2.45, 2.75) is 52.2 Å². The van der Waals surface area contributed by atoms with Gasteiger partial charge in [0.1, 0.15) is 5.60 Å². The number of hydrogen-bond acceptors (Lipinski definition) is 3. The Morgan fingerprint density at radius 3 is 2.40 bits per heavy atom. The SMILES string of the molecule is Cc1c(-c2ccccc2)cnn1C1CCN(C(=O)OC(C)(C)C)CC1. The molecule has 1 fully saturated rings. The van der Waals surface area contributed by atoms with Crippen LogP contribution in [-0.4, -0.2) is 39.5 Å². The fraction of sp³-hybridized carbons (Fsp3) is 0.500. The van der Waals surface area contributed by atoms with E-state index in [-0.39, 0.29) is 6.09 Å². The van der Waals surface area contributed by atoms with Gasteiger partial charge in [-0.2, -0.15) is 5.10 Å². The molecule has 0 N–H and O–H groups in total. The van der Waals surface area contributed by atoms with Crippen LogP contribution in [0.3, 0.4) is 0 Å². The molecular weight excluding hydrogens is 314 g/mol. The van der Waals surface area contributed by atoms with Crippen LogP contribution in [0.1, 0.15) is 45.3 Å². The van der Waals surface area contributed by atoms with Gasteiger partial charge in [0.15, 0.2) is 0 Å². The number of hydrogen-bond donors (Lipinski definition) is 0. The number of nitrogens with zero attached hydrogens (tertiary/aromatic N) is 3. The first-order valence-electron chi connectivity index (χ1n) is 8.92. The van der Waals surface area contributed by atoms with Crippen LogP contribution < -0.4 is 0 Å². The van der Waals surface area contributed by atoms with Gasteiger partial charge in [-0.3, -0.25) is 4.68 Å². The molecule has 0 unspecified atom stereocenters. The molecular formula is C20H27N3O2. The Balaban J connectivity index is 1.66. The Labute approximate surface area is 149 Å². The average Bonchev–Trinajstić information content (AvgIpc) is 2.96. The summed E-state index contributed by atoms with van der Waals surface area (Å²) in [4.78, 5) is 14.0. The summed E-state index contributed by atoms with van der Waals surface area (Å²) in [5.41, 5.74) is 3.10. The normalized spacial score (nSPS) is 16.1. The van der Waals surface area contributed by atoms with E-state index in [4.69, 9.17) is 4.74 Å². The van der Waals surface area contributed by atoms with Crippen LogP contribution in [0.25, 0.3) is 11.1 Å². The summed E-state index contributed by atoms with van der Waals surface area (Å²) >= 11 is 0. The molecule has 0 radical (unpaired) electrons. The summed E-state index contributed by atoms with van der Waals surface area (Å²) < 4.78 is 7.59. The fourth-order valence-corrected chi connectivity index (χ4v) is 3.31. The van der Waals surface area contributed by atoms with Crippen LogP contribution in [0.15, 0.2) is 36.5 Å². The minimum atomic E-state index is -0.447. The van der Waals surface area contributed by atoms with Crippen molar-refractivity contribution in [1.82, 2.24) is 14.7 Å². The Kier molecular flexibility index (Phi) is 4.84.